The summed E-state index contributed by atoms with van der Waals surface area (Å²) in [5, 5.41) is 0. The van der Waals surface area contributed by atoms with E-state index in [-0.39, 0.29) is 766 Å². The smallest absolute Gasteiger partial charge is 0 e. The molecule has 81 heteroatoms. The first-order valence-corrected chi connectivity index (χ1v) is 198. The van der Waals surface area contributed by atoms with E-state index in [4.69, 9.17) is 0 Å². The van der Waals surface area contributed by atoms with Gasteiger partial charge in [-0.1, -0.05) is 7.43 Å². The molecule has 0 spiro atoms. The molecule has 0 aromatic rings. The van der Waals surface area contributed by atoms with Crippen molar-refractivity contribution in [3.05, 3.63) is 0 Å². The van der Waals surface area contributed by atoms with Gasteiger partial charge < -0.3 is 0 Å². The SMILES string of the molecule is C.PP(P)P(P)P(P(P(P)P)P(P)P)I(I)I(I)I(I)I(I)I(I)I(I)I(I)I(I)I(I)I(I)I(I)I(I)I(I)I.[S]=[V].[V].[V].[V].[V].[V].[V].[V].[V].[V].[V].[V].[V].[V].[V].[V].[V].[V].[V].[V].[V].[V].[V].[V].[V].[V].[V].[V].[V].[V].[V].[V].[V].[V].[V].[V].[V].[V].[V].[V]. The Kier molecular flexibility index (Phi) is 656. The molecule has 9 atom stereocenters. The summed E-state index contributed by atoms with van der Waals surface area (Å²) in [5.41, 5.74) is 0. The summed E-state index contributed by atoms with van der Waals surface area (Å²) in [6, 6.07) is 0. The van der Waals surface area contributed by atoms with Gasteiger partial charge in [0, 0.05) is 724 Å². The van der Waals surface area contributed by atoms with E-state index >= 15 is 0 Å². The van der Waals surface area contributed by atoms with Crippen LogP contribution in [0.15, 0.2) is 0 Å². The van der Waals surface area contributed by atoms with Gasteiger partial charge in [0.2, 0.25) is 0 Å². The molecule has 0 N–H and O–H groups in total. The molecule has 0 heterocycles. The zero-order valence-corrected chi connectivity index (χ0v) is 164. The molecule has 9 unspecified atom stereocenters. The van der Waals surface area contributed by atoms with Crippen molar-refractivity contribution in [2.24, 2.45) is 0 Å². The average Bonchev–Trinajstić information content (AvgIpc) is 2.94. The van der Waals surface area contributed by atoms with Crippen LogP contribution in [0.1, 0.15) is 7.43 Å². The zero-order valence-electron chi connectivity index (χ0n) is 35.2. The number of hydrogen-bond donors (Lipinski definition) is 0. The third kappa shape index (κ3) is 144. The predicted molar refractivity (Wildman–Crippen MR) is 502 cm³/mol. The fourth-order valence-corrected chi connectivity index (χ4v) is 4910. The molecule has 39 radical (unpaired) electrons. The van der Waals surface area contributed by atoms with Gasteiger partial charge in [0.25, 0.3) is 0 Å². The Balaban J connectivity index is -0.00000000941. The summed E-state index contributed by atoms with van der Waals surface area (Å²) in [6.07, 6.45) is 0. The van der Waals surface area contributed by atoms with E-state index in [0.29, 0.717) is 4.94 Å². The van der Waals surface area contributed by atoms with Gasteiger partial charge in [0.1, 0.15) is 0 Å². The standard InChI is InChI=1S/CH4.H14I27P13.S.40V/c;1-15(2)16(3)17(4)18(5)19(6)20(7)21(8)22(9)23(10)24(11)25(12)26(13)27(14)35(39(34)36(28)29)40(37(30)31)38(32)33;;;;;;;;;;;;;;;;;;;;;;;;;;;;;;;;;;;;;;;;;/h1H4;28-34H2;;;;;;;;;;;;;;;;;;;;;;;;;;;;;;;;;;;;;;;;;. The molecule has 0 aromatic heterocycles. The van der Waals surface area contributed by atoms with Crippen molar-refractivity contribution in [3.63, 3.8) is 0 Å². The van der Waals surface area contributed by atoms with Crippen LogP contribution in [-0.2, 0) is 739 Å². The van der Waals surface area contributed by atoms with Gasteiger partial charge in [0.15, 0.2) is 0 Å². The van der Waals surface area contributed by atoms with Crippen LogP contribution in [0, 0.1) is 0 Å². The predicted octanol–water partition coefficient (Wildman–Crippen LogP) is 32.5. The molecule has 0 aromatic carbocycles. The van der Waals surface area contributed by atoms with Crippen LogP contribution in [0.2, 0.25) is 0 Å². The molecule has 0 amide bonds. The second-order valence-corrected chi connectivity index (χ2v) is 679. The summed E-state index contributed by atoms with van der Waals surface area (Å²) < 4.78 is 0. The van der Waals surface area contributed by atoms with E-state index < -0.39 is 106 Å². The molecule has 0 aliphatic carbocycles. The summed E-state index contributed by atoms with van der Waals surface area (Å²) in [5.74, 6) is 0. The Hall–Kier alpha value is 48.9. The number of hydrogen-bond acceptors (Lipinski definition) is 1. The van der Waals surface area contributed by atoms with E-state index in [9.17, 15) is 0 Å². The van der Waals surface area contributed by atoms with E-state index in [1.807, 2.05) is 15.7 Å². The first-order valence-electron chi connectivity index (χ1n) is 6.87. The van der Waals surface area contributed by atoms with Crippen molar-refractivity contribution in [1.82, 2.24) is 0 Å². The summed E-state index contributed by atoms with van der Waals surface area (Å²) >= 11 is 46.2. The second kappa shape index (κ2) is 192. The first-order chi connectivity index (χ1) is 19.1. The van der Waals surface area contributed by atoms with Crippen molar-refractivity contribution in [3.8, 4) is 0 Å². The van der Waals surface area contributed by atoms with Crippen molar-refractivity contribution < 1.29 is 739 Å². The topological polar surface area (TPSA) is 0 Å². The molecule has 0 aliphatic rings. The third-order valence-electron chi connectivity index (χ3n) is 2.07. The van der Waals surface area contributed by atoms with Crippen LogP contribution in [0.25, 0.3) is 0 Å². The summed E-state index contributed by atoms with van der Waals surface area (Å²) in [7, 11) is 20.5. The summed E-state index contributed by atoms with van der Waals surface area (Å²) in [6.45, 7) is 0.599. The molecule has 0 saturated carbocycles. The van der Waals surface area contributed by atoms with Crippen LogP contribution in [0.3, 0.4) is 0 Å². The summed E-state index contributed by atoms with van der Waals surface area (Å²) in [4.78, 5) is 0.323. The number of halogens is 27. The van der Waals surface area contributed by atoms with Gasteiger partial charge in [0.05, 0.1) is 0 Å². The average molecular weight is 5930 g/mol. The fourth-order valence-electron chi connectivity index (χ4n) is 0.952. The molecule has 482 valence electrons. The molecule has 0 aliphatic heterocycles. The van der Waals surface area contributed by atoms with E-state index in [2.05, 4.69) is 333 Å². The van der Waals surface area contributed by atoms with E-state index in [1.54, 1.807) is 0 Å². The van der Waals surface area contributed by atoms with Crippen LogP contribution in [0.5, 0.6) is 0 Å². The van der Waals surface area contributed by atoms with Crippen LogP contribution in [-0.4, -0.2) is 0 Å². The normalized spacial score (nSPS) is 9.15. The zero-order chi connectivity index (χ0) is 34.0. The van der Waals surface area contributed by atoms with Gasteiger partial charge in [-0.2, -0.15) is 0 Å². The molecule has 0 rings (SSSR count). The molecule has 0 saturated heterocycles. The molecular formula is CH18I27P13SV40. The van der Waals surface area contributed by atoms with Gasteiger partial charge >= 0.3 is 495 Å². The largest absolute Gasteiger partial charge is 0 e. The molecular weight excluding hydrogens is 5910 g/mol. The first kappa shape index (κ1) is 279. The van der Waals surface area contributed by atoms with Crippen LogP contribution < -0.4 is 0 Å². The van der Waals surface area contributed by atoms with E-state index in [0.717, 1.165) is 0 Å². The van der Waals surface area contributed by atoms with Gasteiger partial charge in [-0.05, 0) is 0 Å². The van der Waals surface area contributed by atoms with Gasteiger partial charge in [-0.25, -0.2) is 0 Å². The molecule has 0 nitrogen and oxygen atoms in total. The van der Waals surface area contributed by atoms with Crippen molar-refractivity contribution >= 4 is 479 Å². The minimum atomic E-state index is -0.849. The molecule has 0 fully saturated rings. The molecule has 82 heavy (non-hydrogen) atoms. The van der Waals surface area contributed by atoms with Gasteiger partial charge in [-0.3, -0.25) is 0 Å². The van der Waals surface area contributed by atoms with Crippen molar-refractivity contribution in [2.75, 3.05) is 0 Å². The Morgan fingerprint density at radius 3 is 0.451 bits per heavy atom. The van der Waals surface area contributed by atoms with Crippen molar-refractivity contribution in [1.29, 1.82) is 0 Å². The van der Waals surface area contributed by atoms with Gasteiger partial charge in [-0.15, -0.1) is 0 Å². The maximum Gasteiger partial charge on any atom is 0 e. The Labute approximate surface area is 1180 Å². The minimum Gasteiger partial charge on any atom is 0 e. The van der Waals surface area contributed by atoms with E-state index in [1.165, 1.54) is 0 Å². The maximum atomic E-state index is 4.02. The number of rotatable bonds is 18. The quantitative estimate of drug-likeness (QED) is 0.0974. The minimum absolute atomic E-state index is 0. The monoisotopic (exact) mass is 5930 g/mol. The Morgan fingerprint density at radius 1 is 0.220 bits per heavy atom. The fraction of sp³-hybridized carbons (Fsp3) is 1.00. The van der Waals surface area contributed by atoms with Crippen LogP contribution >= 0.6 is 479 Å². The second-order valence-electron chi connectivity index (χ2n) is 4.09. The van der Waals surface area contributed by atoms with Crippen LogP contribution in [0.4, 0.5) is 0 Å². The third-order valence-corrected chi connectivity index (χ3v) is 2080. The Bertz CT molecular complexity index is 795. The van der Waals surface area contributed by atoms with Crippen molar-refractivity contribution in [2.45, 2.75) is 7.43 Å². The molecule has 0 bridgehead atoms. The maximum absolute atomic E-state index is 4.02. The Morgan fingerprint density at radius 2 is 0.341 bits per heavy atom.